The van der Waals surface area contributed by atoms with Crippen molar-refractivity contribution in [2.75, 3.05) is 13.1 Å². The summed E-state index contributed by atoms with van der Waals surface area (Å²) in [5.74, 6) is 0.358. The summed E-state index contributed by atoms with van der Waals surface area (Å²) in [6.07, 6.45) is 6.79. The molecule has 3 N–H and O–H groups in total. The predicted molar refractivity (Wildman–Crippen MR) is 48.5 cm³/mol. The fourth-order valence-corrected chi connectivity index (χ4v) is 1.29. The molecule has 0 atom stereocenters. The van der Waals surface area contributed by atoms with Crippen LogP contribution in [-0.2, 0) is 4.79 Å². The summed E-state index contributed by atoms with van der Waals surface area (Å²) in [6, 6.07) is 0. The van der Waals surface area contributed by atoms with Gasteiger partial charge in [-0.05, 0) is 25.8 Å². The van der Waals surface area contributed by atoms with E-state index in [0.29, 0.717) is 13.1 Å². The first-order valence-electron chi connectivity index (χ1n) is 4.47. The Hall–Kier alpha value is -0.830. The van der Waals surface area contributed by atoms with Crippen molar-refractivity contribution in [3.05, 3.63) is 12.2 Å². The van der Waals surface area contributed by atoms with Crippen molar-refractivity contribution in [1.82, 2.24) is 5.32 Å². The first kappa shape index (κ1) is 9.26. The lowest BCUT2D eigenvalue weighted by molar-refractivity contribution is -0.124. The Kier molecular flexibility index (Phi) is 3.80. The summed E-state index contributed by atoms with van der Waals surface area (Å²) >= 11 is 0. The molecule has 0 radical (unpaired) electrons. The molecule has 0 fully saturated rings. The third kappa shape index (κ3) is 2.66. The van der Waals surface area contributed by atoms with Crippen LogP contribution in [0.3, 0.4) is 0 Å². The number of carbonyl (C=O) groups excluding carboxylic acids is 1. The molecule has 0 aliphatic heterocycles. The van der Waals surface area contributed by atoms with Gasteiger partial charge in [0.05, 0.1) is 0 Å². The van der Waals surface area contributed by atoms with E-state index in [-0.39, 0.29) is 11.8 Å². The van der Waals surface area contributed by atoms with E-state index in [1.165, 1.54) is 0 Å². The highest BCUT2D eigenvalue weighted by Crippen LogP contribution is 2.17. The summed E-state index contributed by atoms with van der Waals surface area (Å²) in [5, 5.41) is 2.87. The molecule has 3 heteroatoms. The van der Waals surface area contributed by atoms with Crippen LogP contribution in [0, 0.1) is 5.92 Å². The van der Waals surface area contributed by atoms with Crippen molar-refractivity contribution in [2.45, 2.75) is 19.3 Å². The number of nitrogens with one attached hydrogen (secondary N) is 1. The van der Waals surface area contributed by atoms with Crippen LogP contribution in [0.4, 0.5) is 0 Å². The van der Waals surface area contributed by atoms with Crippen molar-refractivity contribution in [3.63, 3.8) is 0 Å². The first-order valence-corrected chi connectivity index (χ1v) is 4.47. The zero-order chi connectivity index (χ0) is 8.81. The molecule has 1 rings (SSSR count). The number of nitrogens with two attached hydrogens (primary N) is 1. The summed E-state index contributed by atoms with van der Waals surface area (Å²) in [4.78, 5) is 11.3. The quantitative estimate of drug-likeness (QED) is 0.472. The number of rotatable bonds is 4. The Morgan fingerprint density at radius 1 is 1.50 bits per heavy atom. The van der Waals surface area contributed by atoms with Crippen molar-refractivity contribution in [2.24, 2.45) is 11.7 Å². The van der Waals surface area contributed by atoms with E-state index in [4.69, 9.17) is 5.73 Å². The van der Waals surface area contributed by atoms with Crippen LogP contribution in [0.1, 0.15) is 19.3 Å². The van der Waals surface area contributed by atoms with Crippen molar-refractivity contribution in [3.8, 4) is 0 Å². The van der Waals surface area contributed by atoms with E-state index in [2.05, 4.69) is 17.5 Å². The van der Waals surface area contributed by atoms with Gasteiger partial charge in [-0.1, -0.05) is 12.2 Å². The molecule has 1 amide bonds. The van der Waals surface area contributed by atoms with Gasteiger partial charge < -0.3 is 11.1 Å². The maximum absolute atomic E-state index is 11.3. The fourth-order valence-electron chi connectivity index (χ4n) is 1.29. The molecule has 0 unspecified atom stereocenters. The Labute approximate surface area is 73.0 Å². The van der Waals surface area contributed by atoms with Crippen LogP contribution in [0.15, 0.2) is 12.2 Å². The largest absolute Gasteiger partial charge is 0.356 e. The van der Waals surface area contributed by atoms with E-state index in [0.717, 1.165) is 19.3 Å². The third-order valence-corrected chi connectivity index (χ3v) is 2.06. The SMILES string of the molecule is NCCCNC(=O)C1CC=CC1. The number of amides is 1. The molecule has 0 spiro atoms. The van der Waals surface area contributed by atoms with Crippen molar-refractivity contribution >= 4 is 5.91 Å². The highest BCUT2D eigenvalue weighted by atomic mass is 16.1. The van der Waals surface area contributed by atoms with E-state index in [1.807, 2.05) is 0 Å². The molecule has 12 heavy (non-hydrogen) atoms. The standard InChI is InChI=1S/C9H16N2O/c10-6-3-7-11-9(12)8-4-1-2-5-8/h1-2,8H,3-7,10H2,(H,11,12). The maximum Gasteiger partial charge on any atom is 0.223 e. The number of hydrogen-bond donors (Lipinski definition) is 2. The lowest BCUT2D eigenvalue weighted by Gasteiger charge is -2.09. The molecule has 0 aromatic heterocycles. The molecule has 68 valence electrons. The predicted octanol–water partition coefficient (Wildman–Crippen LogP) is 0.418. The second kappa shape index (κ2) is 4.93. The first-order chi connectivity index (χ1) is 5.84. The van der Waals surface area contributed by atoms with Gasteiger partial charge >= 0.3 is 0 Å². The van der Waals surface area contributed by atoms with Crippen LogP contribution >= 0.6 is 0 Å². The average Bonchev–Trinajstić information content (AvgIpc) is 2.56. The Bertz CT molecular complexity index is 169. The molecule has 3 nitrogen and oxygen atoms in total. The molecule has 0 saturated heterocycles. The van der Waals surface area contributed by atoms with E-state index in [1.54, 1.807) is 0 Å². The summed E-state index contributed by atoms with van der Waals surface area (Å²) in [5.41, 5.74) is 5.30. The van der Waals surface area contributed by atoms with E-state index >= 15 is 0 Å². The van der Waals surface area contributed by atoms with Gasteiger partial charge in [0, 0.05) is 12.5 Å². The molecular weight excluding hydrogens is 152 g/mol. The molecular formula is C9H16N2O. The molecule has 0 bridgehead atoms. The zero-order valence-electron chi connectivity index (χ0n) is 7.25. The van der Waals surface area contributed by atoms with Gasteiger partial charge in [-0.3, -0.25) is 4.79 Å². The Morgan fingerprint density at radius 2 is 2.17 bits per heavy atom. The van der Waals surface area contributed by atoms with Crippen LogP contribution < -0.4 is 11.1 Å². The summed E-state index contributed by atoms with van der Waals surface area (Å²) in [7, 11) is 0. The van der Waals surface area contributed by atoms with Gasteiger partial charge in [-0.15, -0.1) is 0 Å². The van der Waals surface area contributed by atoms with E-state index in [9.17, 15) is 4.79 Å². The Morgan fingerprint density at radius 3 is 2.75 bits per heavy atom. The molecule has 0 aromatic rings. The van der Waals surface area contributed by atoms with Gasteiger partial charge in [0.1, 0.15) is 0 Å². The number of carbonyl (C=O) groups is 1. The molecule has 1 aliphatic carbocycles. The zero-order valence-corrected chi connectivity index (χ0v) is 7.25. The van der Waals surface area contributed by atoms with Gasteiger partial charge in [0.2, 0.25) is 5.91 Å². The van der Waals surface area contributed by atoms with E-state index < -0.39 is 0 Å². The third-order valence-electron chi connectivity index (χ3n) is 2.06. The lowest BCUT2D eigenvalue weighted by atomic mass is 10.1. The molecule has 1 aliphatic rings. The second-order valence-corrected chi connectivity index (χ2v) is 3.07. The second-order valence-electron chi connectivity index (χ2n) is 3.07. The normalized spacial score (nSPS) is 16.8. The van der Waals surface area contributed by atoms with Gasteiger partial charge in [0.15, 0.2) is 0 Å². The van der Waals surface area contributed by atoms with Crippen molar-refractivity contribution < 1.29 is 4.79 Å². The monoisotopic (exact) mass is 168 g/mol. The average molecular weight is 168 g/mol. The number of hydrogen-bond acceptors (Lipinski definition) is 2. The van der Waals surface area contributed by atoms with Crippen LogP contribution in [0.2, 0.25) is 0 Å². The van der Waals surface area contributed by atoms with Crippen LogP contribution in [0.5, 0.6) is 0 Å². The highest BCUT2D eigenvalue weighted by molar-refractivity contribution is 5.79. The molecule has 0 aromatic carbocycles. The van der Waals surface area contributed by atoms with Gasteiger partial charge in [-0.25, -0.2) is 0 Å². The van der Waals surface area contributed by atoms with Crippen LogP contribution in [-0.4, -0.2) is 19.0 Å². The molecule has 0 saturated carbocycles. The molecule has 0 heterocycles. The van der Waals surface area contributed by atoms with Gasteiger partial charge in [0.25, 0.3) is 0 Å². The minimum absolute atomic E-state index is 0.174. The van der Waals surface area contributed by atoms with Gasteiger partial charge in [-0.2, -0.15) is 0 Å². The Balaban J connectivity index is 2.11. The topological polar surface area (TPSA) is 55.1 Å². The highest BCUT2D eigenvalue weighted by Gasteiger charge is 2.17. The smallest absolute Gasteiger partial charge is 0.223 e. The fraction of sp³-hybridized carbons (Fsp3) is 0.667. The lowest BCUT2D eigenvalue weighted by Crippen LogP contribution is -2.31. The summed E-state index contributed by atoms with van der Waals surface area (Å²) in [6.45, 7) is 1.36. The number of allylic oxidation sites excluding steroid dienone is 2. The summed E-state index contributed by atoms with van der Waals surface area (Å²) < 4.78 is 0. The van der Waals surface area contributed by atoms with Crippen molar-refractivity contribution in [1.29, 1.82) is 0 Å². The van der Waals surface area contributed by atoms with Crippen LogP contribution in [0.25, 0.3) is 0 Å². The minimum atomic E-state index is 0.174. The maximum atomic E-state index is 11.3. The minimum Gasteiger partial charge on any atom is -0.356 e.